The third-order valence-electron chi connectivity index (χ3n) is 3.32. The normalized spacial score (nSPS) is 19.1. The van der Waals surface area contributed by atoms with Crippen molar-refractivity contribution in [3.8, 4) is 0 Å². The second-order valence-corrected chi connectivity index (χ2v) is 4.60. The van der Waals surface area contributed by atoms with Crippen molar-refractivity contribution in [2.75, 3.05) is 6.54 Å². The fraction of sp³-hybridized carbons (Fsp3) is 0.917. The van der Waals surface area contributed by atoms with Crippen LogP contribution in [0.1, 0.15) is 51.9 Å². The van der Waals surface area contributed by atoms with Crippen LogP contribution in [-0.2, 0) is 4.79 Å². The number of carbonyl (C=O) groups excluding carboxylic acids is 1. The average molecular weight is 212 g/mol. The highest BCUT2D eigenvalue weighted by molar-refractivity contribution is 5.76. The van der Waals surface area contributed by atoms with Gasteiger partial charge in [0.05, 0.1) is 0 Å². The number of hydrogen-bond donors (Lipinski definition) is 2. The Bertz CT molecular complexity index is 188. The van der Waals surface area contributed by atoms with Gasteiger partial charge >= 0.3 is 0 Å². The number of carbonyl (C=O) groups is 1. The summed E-state index contributed by atoms with van der Waals surface area (Å²) in [5.41, 5.74) is 5.49. The lowest BCUT2D eigenvalue weighted by Crippen LogP contribution is -2.36. The van der Waals surface area contributed by atoms with Gasteiger partial charge in [0.15, 0.2) is 0 Å². The summed E-state index contributed by atoms with van der Waals surface area (Å²) >= 11 is 0. The zero-order valence-corrected chi connectivity index (χ0v) is 9.80. The standard InChI is InChI=1S/C12H24N2O/c1-2-11(7-8-13)14-12(15)9-10-5-3-4-6-10/h10-11H,2-9,13H2,1H3,(H,14,15). The lowest BCUT2D eigenvalue weighted by atomic mass is 10.0. The van der Waals surface area contributed by atoms with E-state index in [0.29, 0.717) is 12.5 Å². The summed E-state index contributed by atoms with van der Waals surface area (Å²) in [5, 5.41) is 3.08. The predicted octanol–water partition coefficient (Wildman–Crippen LogP) is 1.81. The fourth-order valence-corrected chi connectivity index (χ4v) is 2.34. The fourth-order valence-electron chi connectivity index (χ4n) is 2.34. The van der Waals surface area contributed by atoms with E-state index in [1.54, 1.807) is 0 Å². The minimum absolute atomic E-state index is 0.224. The van der Waals surface area contributed by atoms with E-state index in [1.807, 2.05) is 0 Å². The van der Waals surface area contributed by atoms with Crippen LogP contribution in [-0.4, -0.2) is 18.5 Å². The van der Waals surface area contributed by atoms with Crippen molar-refractivity contribution >= 4 is 5.91 Å². The highest BCUT2D eigenvalue weighted by Crippen LogP contribution is 2.27. The summed E-state index contributed by atoms with van der Waals surface area (Å²) in [6, 6.07) is 0.281. The van der Waals surface area contributed by atoms with Crippen molar-refractivity contribution in [2.24, 2.45) is 11.7 Å². The summed E-state index contributed by atoms with van der Waals surface area (Å²) in [6.45, 7) is 2.75. The van der Waals surface area contributed by atoms with Crippen LogP contribution >= 0.6 is 0 Å². The Morgan fingerprint density at radius 3 is 2.67 bits per heavy atom. The third kappa shape index (κ3) is 4.65. The van der Waals surface area contributed by atoms with Crippen molar-refractivity contribution in [1.82, 2.24) is 5.32 Å². The molecule has 15 heavy (non-hydrogen) atoms. The van der Waals surface area contributed by atoms with E-state index in [2.05, 4.69) is 12.2 Å². The van der Waals surface area contributed by atoms with Crippen LogP contribution in [0.4, 0.5) is 0 Å². The number of hydrogen-bond acceptors (Lipinski definition) is 2. The lowest BCUT2D eigenvalue weighted by molar-refractivity contribution is -0.122. The average Bonchev–Trinajstić information content (AvgIpc) is 2.69. The van der Waals surface area contributed by atoms with E-state index in [0.717, 1.165) is 19.3 Å². The monoisotopic (exact) mass is 212 g/mol. The van der Waals surface area contributed by atoms with Gasteiger partial charge in [-0.2, -0.15) is 0 Å². The molecule has 0 aromatic carbocycles. The first-order valence-electron chi connectivity index (χ1n) is 6.25. The second kappa shape index (κ2) is 6.83. The van der Waals surface area contributed by atoms with Crippen molar-refractivity contribution in [1.29, 1.82) is 0 Å². The molecule has 3 heteroatoms. The molecule has 0 aliphatic heterocycles. The largest absolute Gasteiger partial charge is 0.353 e. The quantitative estimate of drug-likeness (QED) is 0.705. The summed E-state index contributed by atoms with van der Waals surface area (Å²) in [7, 11) is 0. The molecule has 0 radical (unpaired) electrons. The Balaban J connectivity index is 2.20. The Morgan fingerprint density at radius 2 is 2.13 bits per heavy atom. The van der Waals surface area contributed by atoms with Crippen molar-refractivity contribution in [3.05, 3.63) is 0 Å². The molecule has 0 heterocycles. The molecule has 0 aromatic rings. The van der Waals surface area contributed by atoms with Gasteiger partial charge in [-0.05, 0) is 38.1 Å². The van der Waals surface area contributed by atoms with Gasteiger partial charge in [-0.3, -0.25) is 4.79 Å². The zero-order valence-electron chi connectivity index (χ0n) is 9.80. The van der Waals surface area contributed by atoms with Crippen LogP contribution in [0.2, 0.25) is 0 Å². The highest BCUT2D eigenvalue weighted by atomic mass is 16.1. The topological polar surface area (TPSA) is 55.1 Å². The molecule has 0 saturated heterocycles. The maximum absolute atomic E-state index is 11.7. The van der Waals surface area contributed by atoms with Crippen molar-refractivity contribution in [2.45, 2.75) is 57.9 Å². The van der Waals surface area contributed by atoms with Gasteiger partial charge in [0.2, 0.25) is 5.91 Å². The molecular weight excluding hydrogens is 188 g/mol. The van der Waals surface area contributed by atoms with Gasteiger partial charge in [-0.1, -0.05) is 19.8 Å². The van der Waals surface area contributed by atoms with E-state index in [1.165, 1.54) is 25.7 Å². The van der Waals surface area contributed by atoms with E-state index in [9.17, 15) is 4.79 Å². The van der Waals surface area contributed by atoms with Crippen molar-refractivity contribution < 1.29 is 4.79 Å². The van der Waals surface area contributed by atoms with Gasteiger partial charge in [0.1, 0.15) is 0 Å². The molecule has 0 aromatic heterocycles. The molecule has 0 bridgehead atoms. The molecule has 3 nitrogen and oxygen atoms in total. The lowest BCUT2D eigenvalue weighted by Gasteiger charge is -2.17. The van der Waals surface area contributed by atoms with Gasteiger partial charge in [-0.25, -0.2) is 0 Å². The maximum atomic E-state index is 11.7. The molecular formula is C12H24N2O. The molecule has 1 fully saturated rings. The van der Waals surface area contributed by atoms with E-state index in [4.69, 9.17) is 5.73 Å². The summed E-state index contributed by atoms with van der Waals surface area (Å²) in [4.78, 5) is 11.7. The molecule has 3 N–H and O–H groups in total. The van der Waals surface area contributed by atoms with Gasteiger partial charge in [0.25, 0.3) is 0 Å². The van der Waals surface area contributed by atoms with Crippen LogP contribution in [0.3, 0.4) is 0 Å². The van der Waals surface area contributed by atoms with Crippen LogP contribution < -0.4 is 11.1 Å². The predicted molar refractivity (Wildman–Crippen MR) is 62.5 cm³/mol. The SMILES string of the molecule is CCC(CCN)NC(=O)CC1CCCC1. The molecule has 88 valence electrons. The van der Waals surface area contributed by atoms with Crippen LogP contribution in [0.25, 0.3) is 0 Å². The third-order valence-corrected chi connectivity index (χ3v) is 3.32. The second-order valence-electron chi connectivity index (χ2n) is 4.60. The molecule has 1 rings (SSSR count). The van der Waals surface area contributed by atoms with Crippen LogP contribution in [0.5, 0.6) is 0 Å². The van der Waals surface area contributed by atoms with E-state index >= 15 is 0 Å². The molecule has 0 spiro atoms. The Kier molecular flexibility index (Phi) is 5.69. The van der Waals surface area contributed by atoms with Crippen LogP contribution in [0.15, 0.2) is 0 Å². The van der Waals surface area contributed by atoms with Gasteiger partial charge < -0.3 is 11.1 Å². The smallest absolute Gasteiger partial charge is 0.220 e. The zero-order chi connectivity index (χ0) is 11.1. The molecule has 1 aliphatic rings. The van der Waals surface area contributed by atoms with Gasteiger partial charge in [-0.15, -0.1) is 0 Å². The van der Waals surface area contributed by atoms with Gasteiger partial charge in [0, 0.05) is 12.5 Å². The first kappa shape index (κ1) is 12.5. The Labute approximate surface area is 92.8 Å². The highest BCUT2D eigenvalue weighted by Gasteiger charge is 2.19. The minimum Gasteiger partial charge on any atom is -0.353 e. The number of rotatable bonds is 6. The number of amides is 1. The van der Waals surface area contributed by atoms with Crippen molar-refractivity contribution in [3.63, 3.8) is 0 Å². The first-order chi connectivity index (χ1) is 7.26. The van der Waals surface area contributed by atoms with E-state index < -0.39 is 0 Å². The first-order valence-corrected chi connectivity index (χ1v) is 6.25. The minimum atomic E-state index is 0.224. The molecule has 1 aliphatic carbocycles. The maximum Gasteiger partial charge on any atom is 0.220 e. The summed E-state index contributed by atoms with van der Waals surface area (Å²) < 4.78 is 0. The molecule has 1 amide bonds. The molecule has 1 atom stereocenters. The van der Waals surface area contributed by atoms with E-state index in [-0.39, 0.29) is 11.9 Å². The Hall–Kier alpha value is -0.570. The summed E-state index contributed by atoms with van der Waals surface area (Å²) in [6.07, 6.45) is 7.68. The molecule has 1 unspecified atom stereocenters. The Morgan fingerprint density at radius 1 is 1.47 bits per heavy atom. The number of nitrogens with one attached hydrogen (secondary N) is 1. The van der Waals surface area contributed by atoms with Crippen LogP contribution in [0, 0.1) is 5.92 Å². The number of nitrogens with two attached hydrogens (primary N) is 1. The molecule has 1 saturated carbocycles. The summed E-state index contributed by atoms with van der Waals surface area (Å²) in [5.74, 6) is 0.864.